The highest BCUT2D eigenvalue weighted by Gasteiger charge is 2.22. The largest absolute Gasteiger partial charge is 0.246 e. The van der Waals surface area contributed by atoms with Crippen molar-refractivity contribution in [2.75, 3.05) is 0 Å². The highest BCUT2D eigenvalue weighted by Crippen LogP contribution is 2.43. The molecular formula is C49H30N6. The Kier molecular flexibility index (Phi) is 7.07. The van der Waals surface area contributed by atoms with Crippen molar-refractivity contribution in [2.24, 2.45) is 0 Å². The Labute approximate surface area is 316 Å². The predicted molar refractivity (Wildman–Crippen MR) is 224 cm³/mol. The van der Waals surface area contributed by atoms with Gasteiger partial charge in [0.1, 0.15) is 11.0 Å². The molecule has 4 aromatic heterocycles. The van der Waals surface area contributed by atoms with Crippen LogP contribution in [-0.2, 0) is 0 Å². The van der Waals surface area contributed by atoms with Gasteiger partial charge in [0.25, 0.3) is 0 Å². The summed E-state index contributed by atoms with van der Waals surface area (Å²) in [6.07, 6.45) is 0. The second-order valence-corrected chi connectivity index (χ2v) is 13.7. The minimum atomic E-state index is 0.817. The number of fused-ring (bicyclic) bond motifs is 8. The van der Waals surface area contributed by atoms with Crippen molar-refractivity contribution in [2.45, 2.75) is 0 Å². The Morgan fingerprint density at radius 2 is 0.909 bits per heavy atom. The Bertz CT molecular complexity index is 3230. The van der Waals surface area contributed by atoms with Gasteiger partial charge in [0, 0.05) is 49.2 Å². The zero-order valence-electron chi connectivity index (χ0n) is 29.5. The molecule has 55 heavy (non-hydrogen) atoms. The van der Waals surface area contributed by atoms with Gasteiger partial charge in [-0.15, -0.1) is 10.2 Å². The molecule has 256 valence electrons. The van der Waals surface area contributed by atoms with Crippen molar-refractivity contribution in [3.8, 4) is 50.6 Å². The van der Waals surface area contributed by atoms with Gasteiger partial charge in [-0.1, -0.05) is 152 Å². The smallest absolute Gasteiger partial charge is 0.122 e. The molecule has 0 aliphatic heterocycles. The van der Waals surface area contributed by atoms with Crippen molar-refractivity contribution >= 4 is 54.5 Å². The van der Waals surface area contributed by atoms with Crippen LogP contribution in [-0.4, -0.2) is 29.9 Å². The van der Waals surface area contributed by atoms with Crippen LogP contribution in [0.3, 0.4) is 0 Å². The summed E-state index contributed by atoms with van der Waals surface area (Å²) in [5.74, 6) is 0. The number of rotatable bonds is 5. The minimum Gasteiger partial charge on any atom is -0.246 e. The fourth-order valence-electron chi connectivity index (χ4n) is 7.79. The summed E-state index contributed by atoms with van der Waals surface area (Å²) in [4.78, 5) is 17.8. The van der Waals surface area contributed by atoms with E-state index in [1.807, 2.05) is 60.7 Å². The van der Waals surface area contributed by atoms with Crippen molar-refractivity contribution in [1.29, 1.82) is 0 Å². The molecular weight excluding hydrogens is 673 g/mol. The Morgan fingerprint density at radius 1 is 0.345 bits per heavy atom. The topological polar surface area (TPSA) is 69.4 Å². The van der Waals surface area contributed by atoms with E-state index in [0.717, 1.165) is 105 Å². The van der Waals surface area contributed by atoms with Crippen molar-refractivity contribution in [1.82, 2.24) is 29.9 Å². The van der Waals surface area contributed by atoms with Crippen LogP contribution in [0.1, 0.15) is 0 Å². The number of pyridine rings is 3. The first kappa shape index (κ1) is 31.0. The SMILES string of the molecule is c1ccc(-c2ccc3ccc4ccc(-c5cccc6c5nc(-c5ccccc5)c5cc(-c7ccccc7)c7nn(-c8ccccc8)nc7c56)nc4c3n2)cc1. The minimum absolute atomic E-state index is 0.817. The molecule has 0 radical (unpaired) electrons. The second kappa shape index (κ2) is 12.5. The van der Waals surface area contributed by atoms with Crippen LogP contribution in [0, 0.1) is 0 Å². The third-order valence-corrected chi connectivity index (χ3v) is 10.4. The van der Waals surface area contributed by atoms with Gasteiger partial charge in [-0.05, 0) is 35.9 Å². The van der Waals surface area contributed by atoms with Gasteiger partial charge in [-0.3, -0.25) is 0 Å². The summed E-state index contributed by atoms with van der Waals surface area (Å²) >= 11 is 0. The average molecular weight is 703 g/mol. The van der Waals surface area contributed by atoms with Crippen LogP contribution in [0.15, 0.2) is 182 Å². The summed E-state index contributed by atoms with van der Waals surface area (Å²) < 4.78 is 0. The molecule has 0 saturated heterocycles. The standard InChI is InChI=1S/C49H30N6/c1-5-14-31(15-6-1)39-30-40-43(49-48(39)53-55(54-49)36-20-11-4-12-21-36)38-23-13-22-37(47(38)52-44(40)33-18-9-3-10-19-33)42-29-27-35-25-24-34-26-28-41(32-16-7-2-8-17-32)50-45(34)46(35)51-42/h1-30H. The van der Waals surface area contributed by atoms with Gasteiger partial charge in [0.2, 0.25) is 0 Å². The summed E-state index contributed by atoms with van der Waals surface area (Å²) in [5.41, 5.74) is 12.8. The number of hydrogen-bond acceptors (Lipinski definition) is 5. The Balaban J connectivity index is 1.22. The van der Waals surface area contributed by atoms with Gasteiger partial charge in [0.05, 0.1) is 39.3 Å². The molecule has 0 atom stereocenters. The third-order valence-electron chi connectivity index (χ3n) is 10.4. The molecule has 0 bridgehead atoms. The molecule has 0 aliphatic rings. The molecule has 0 amide bonds. The van der Waals surface area contributed by atoms with Crippen molar-refractivity contribution in [3.05, 3.63) is 182 Å². The molecule has 0 saturated carbocycles. The van der Waals surface area contributed by atoms with E-state index in [9.17, 15) is 0 Å². The van der Waals surface area contributed by atoms with Gasteiger partial charge >= 0.3 is 0 Å². The first-order valence-electron chi connectivity index (χ1n) is 18.4. The predicted octanol–water partition coefficient (Wildman–Crippen LogP) is 11.9. The van der Waals surface area contributed by atoms with Gasteiger partial charge in [-0.2, -0.15) is 4.80 Å². The molecule has 4 heterocycles. The molecule has 11 rings (SSSR count). The van der Waals surface area contributed by atoms with E-state index in [1.165, 1.54) is 0 Å². The van der Waals surface area contributed by atoms with E-state index in [1.54, 1.807) is 4.80 Å². The van der Waals surface area contributed by atoms with Crippen LogP contribution in [0.5, 0.6) is 0 Å². The Hall–Kier alpha value is -7.57. The fourth-order valence-corrected chi connectivity index (χ4v) is 7.79. The van der Waals surface area contributed by atoms with E-state index in [4.69, 9.17) is 25.1 Å². The van der Waals surface area contributed by atoms with Gasteiger partial charge in [-0.25, -0.2) is 15.0 Å². The number of nitrogens with zero attached hydrogens (tertiary/aromatic N) is 6. The number of benzene rings is 7. The quantitative estimate of drug-likeness (QED) is 0.167. The highest BCUT2D eigenvalue weighted by molar-refractivity contribution is 6.24. The van der Waals surface area contributed by atoms with Crippen LogP contribution in [0.2, 0.25) is 0 Å². The lowest BCUT2D eigenvalue weighted by molar-refractivity contribution is 0.766. The van der Waals surface area contributed by atoms with Gasteiger partial charge in [0.15, 0.2) is 0 Å². The number of hydrogen-bond donors (Lipinski definition) is 0. The molecule has 0 N–H and O–H groups in total. The number of para-hydroxylation sites is 2. The second-order valence-electron chi connectivity index (χ2n) is 13.7. The summed E-state index contributed by atoms with van der Waals surface area (Å²) in [6.45, 7) is 0. The molecule has 0 aliphatic carbocycles. The maximum absolute atomic E-state index is 5.54. The van der Waals surface area contributed by atoms with Gasteiger partial charge < -0.3 is 0 Å². The lowest BCUT2D eigenvalue weighted by Crippen LogP contribution is -1.97. The first-order chi connectivity index (χ1) is 27.3. The van der Waals surface area contributed by atoms with Crippen LogP contribution in [0.4, 0.5) is 0 Å². The van der Waals surface area contributed by atoms with Crippen LogP contribution < -0.4 is 0 Å². The molecule has 0 spiro atoms. The molecule has 11 aromatic rings. The molecule has 6 nitrogen and oxygen atoms in total. The molecule has 0 fully saturated rings. The third kappa shape index (κ3) is 5.15. The molecule has 7 aromatic carbocycles. The van der Waals surface area contributed by atoms with Crippen molar-refractivity contribution in [3.63, 3.8) is 0 Å². The fraction of sp³-hybridized carbons (Fsp3) is 0. The van der Waals surface area contributed by atoms with E-state index in [-0.39, 0.29) is 0 Å². The highest BCUT2D eigenvalue weighted by atomic mass is 15.5. The lowest BCUT2D eigenvalue weighted by Gasteiger charge is -2.15. The average Bonchev–Trinajstić information content (AvgIpc) is 3.72. The van der Waals surface area contributed by atoms with E-state index < -0.39 is 0 Å². The normalized spacial score (nSPS) is 11.6. The first-order valence-corrected chi connectivity index (χ1v) is 18.4. The summed E-state index contributed by atoms with van der Waals surface area (Å²) in [7, 11) is 0. The van der Waals surface area contributed by atoms with Crippen molar-refractivity contribution < 1.29 is 0 Å². The summed E-state index contributed by atoms with van der Waals surface area (Å²) in [6, 6.07) is 62.5. The van der Waals surface area contributed by atoms with E-state index >= 15 is 0 Å². The van der Waals surface area contributed by atoms with E-state index in [2.05, 4.69) is 121 Å². The monoisotopic (exact) mass is 702 g/mol. The molecule has 0 unspecified atom stereocenters. The van der Waals surface area contributed by atoms with Crippen LogP contribution in [0.25, 0.3) is 105 Å². The maximum atomic E-state index is 5.54. The zero-order valence-corrected chi connectivity index (χ0v) is 29.5. The summed E-state index contributed by atoms with van der Waals surface area (Å²) in [5, 5.41) is 15.5. The van der Waals surface area contributed by atoms with Crippen LogP contribution >= 0.6 is 0 Å². The molecule has 6 heteroatoms. The Morgan fingerprint density at radius 3 is 1.60 bits per heavy atom. The van der Waals surface area contributed by atoms with E-state index in [0.29, 0.717) is 0 Å². The number of aromatic nitrogens is 6. The maximum Gasteiger partial charge on any atom is 0.122 e. The lowest BCUT2D eigenvalue weighted by atomic mass is 9.93. The zero-order chi connectivity index (χ0) is 36.3.